The molecule has 0 aliphatic rings. The smallest absolute Gasteiger partial charge is 0.338 e. The van der Waals surface area contributed by atoms with Crippen LogP contribution in [0.3, 0.4) is 0 Å². The maximum Gasteiger partial charge on any atom is 0.338 e. The number of rotatable bonds is 4. The van der Waals surface area contributed by atoms with Gasteiger partial charge in [0.2, 0.25) is 0 Å². The first-order valence-electron chi connectivity index (χ1n) is 6.14. The van der Waals surface area contributed by atoms with Crippen molar-refractivity contribution in [3.8, 4) is 0 Å². The standard InChI is InChI=1S/C15H14FNO3/c1-17-8-6-12(10-14(17)18)15(19)20-9-7-11-2-4-13(16)5-3-11/h2-6,8,10H,7,9H2,1H3. The summed E-state index contributed by atoms with van der Waals surface area (Å²) in [6.07, 6.45) is 2.01. The van der Waals surface area contributed by atoms with Gasteiger partial charge in [0.05, 0.1) is 12.2 Å². The van der Waals surface area contributed by atoms with Crippen molar-refractivity contribution in [1.82, 2.24) is 4.57 Å². The van der Waals surface area contributed by atoms with Crippen LogP contribution < -0.4 is 5.56 Å². The van der Waals surface area contributed by atoms with E-state index >= 15 is 0 Å². The van der Waals surface area contributed by atoms with Crippen molar-refractivity contribution in [3.05, 3.63) is 69.9 Å². The van der Waals surface area contributed by atoms with Crippen molar-refractivity contribution in [3.63, 3.8) is 0 Å². The average Bonchev–Trinajstić information content (AvgIpc) is 2.44. The first kappa shape index (κ1) is 14.0. The second-order valence-corrected chi connectivity index (χ2v) is 4.38. The Kier molecular flexibility index (Phi) is 4.30. The maximum atomic E-state index is 12.7. The summed E-state index contributed by atoms with van der Waals surface area (Å²) >= 11 is 0. The fraction of sp³-hybridized carbons (Fsp3) is 0.200. The largest absolute Gasteiger partial charge is 0.462 e. The molecule has 2 aromatic rings. The highest BCUT2D eigenvalue weighted by Crippen LogP contribution is 2.05. The zero-order valence-corrected chi connectivity index (χ0v) is 11.0. The summed E-state index contributed by atoms with van der Waals surface area (Å²) < 4.78 is 19.2. The number of aromatic nitrogens is 1. The van der Waals surface area contributed by atoms with Crippen LogP contribution in [-0.2, 0) is 18.2 Å². The summed E-state index contributed by atoms with van der Waals surface area (Å²) in [6.45, 7) is 0.180. The minimum Gasteiger partial charge on any atom is -0.462 e. The molecule has 0 saturated heterocycles. The zero-order chi connectivity index (χ0) is 14.5. The molecule has 1 aromatic heterocycles. The second kappa shape index (κ2) is 6.14. The molecular formula is C15H14FNO3. The number of nitrogens with zero attached hydrogens (tertiary/aromatic N) is 1. The van der Waals surface area contributed by atoms with Crippen molar-refractivity contribution in [2.45, 2.75) is 6.42 Å². The Morgan fingerprint density at radius 3 is 2.60 bits per heavy atom. The third-order valence-corrected chi connectivity index (χ3v) is 2.88. The van der Waals surface area contributed by atoms with E-state index in [2.05, 4.69) is 0 Å². The second-order valence-electron chi connectivity index (χ2n) is 4.38. The molecule has 0 amide bonds. The Hall–Kier alpha value is -2.43. The fourth-order valence-corrected chi connectivity index (χ4v) is 1.67. The predicted molar refractivity (Wildman–Crippen MR) is 72.1 cm³/mol. The molecule has 0 N–H and O–H groups in total. The molecule has 0 atom stereocenters. The summed E-state index contributed by atoms with van der Waals surface area (Å²) in [5.74, 6) is -0.837. The number of carbonyl (C=O) groups is 1. The molecule has 104 valence electrons. The van der Waals surface area contributed by atoms with E-state index in [1.54, 1.807) is 19.2 Å². The van der Waals surface area contributed by atoms with Gasteiger partial charge in [0, 0.05) is 25.7 Å². The number of pyridine rings is 1. The highest BCUT2D eigenvalue weighted by atomic mass is 19.1. The van der Waals surface area contributed by atoms with E-state index in [-0.39, 0.29) is 23.5 Å². The molecule has 0 bridgehead atoms. The van der Waals surface area contributed by atoms with Gasteiger partial charge in [-0.15, -0.1) is 0 Å². The number of ether oxygens (including phenoxy) is 1. The van der Waals surface area contributed by atoms with Gasteiger partial charge in [-0.25, -0.2) is 9.18 Å². The fourth-order valence-electron chi connectivity index (χ4n) is 1.67. The van der Waals surface area contributed by atoms with E-state index in [1.165, 1.54) is 35.0 Å². The minimum atomic E-state index is -0.537. The number of benzene rings is 1. The SMILES string of the molecule is Cn1ccc(C(=O)OCCc2ccc(F)cc2)cc1=O. The van der Waals surface area contributed by atoms with Gasteiger partial charge in [-0.2, -0.15) is 0 Å². The van der Waals surface area contributed by atoms with Crippen molar-refractivity contribution >= 4 is 5.97 Å². The van der Waals surface area contributed by atoms with E-state index < -0.39 is 5.97 Å². The summed E-state index contributed by atoms with van der Waals surface area (Å²) in [7, 11) is 1.60. The first-order valence-corrected chi connectivity index (χ1v) is 6.14. The molecule has 0 fully saturated rings. The van der Waals surface area contributed by atoms with Crippen LogP contribution in [0.1, 0.15) is 15.9 Å². The van der Waals surface area contributed by atoms with Crippen LogP contribution in [0.25, 0.3) is 0 Å². The monoisotopic (exact) mass is 275 g/mol. The Morgan fingerprint density at radius 2 is 1.95 bits per heavy atom. The summed E-state index contributed by atoms with van der Waals surface area (Å²) in [5.41, 5.74) is 0.841. The Balaban J connectivity index is 1.90. The molecule has 0 aliphatic heterocycles. The van der Waals surface area contributed by atoms with Crippen LogP contribution in [0.15, 0.2) is 47.4 Å². The van der Waals surface area contributed by atoms with Gasteiger partial charge >= 0.3 is 5.97 Å². The molecule has 0 spiro atoms. The van der Waals surface area contributed by atoms with Crippen LogP contribution >= 0.6 is 0 Å². The van der Waals surface area contributed by atoms with Crippen LogP contribution in [0.5, 0.6) is 0 Å². The van der Waals surface area contributed by atoms with E-state index in [0.717, 1.165) is 5.56 Å². The molecule has 4 nitrogen and oxygen atoms in total. The number of hydrogen-bond acceptors (Lipinski definition) is 3. The third-order valence-electron chi connectivity index (χ3n) is 2.88. The van der Waals surface area contributed by atoms with Gasteiger partial charge in [0.1, 0.15) is 5.82 Å². The van der Waals surface area contributed by atoms with Crippen molar-refractivity contribution in [2.75, 3.05) is 6.61 Å². The van der Waals surface area contributed by atoms with E-state index in [4.69, 9.17) is 4.74 Å². The molecule has 1 aromatic carbocycles. The van der Waals surface area contributed by atoms with Gasteiger partial charge in [-0.3, -0.25) is 4.79 Å². The minimum absolute atomic E-state index is 0.180. The van der Waals surface area contributed by atoms with Crippen molar-refractivity contribution in [1.29, 1.82) is 0 Å². The predicted octanol–water partition coefficient (Wildman–Crippen LogP) is 1.92. The Labute approximate surface area is 115 Å². The normalized spacial score (nSPS) is 10.3. The molecule has 0 radical (unpaired) electrons. The molecule has 2 rings (SSSR count). The molecule has 20 heavy (non-hydrogen) atoms. The van der Waals surface area contributed by atoms with Crippen LogP contribution in [0, 0.1) is 5.82 Å². The summed E-state index contributed by atoms with van der Waals surface area (Å²) in [4.78, 5) is 23.1. The third kappa shape index (κ3) is 3.54. The summed E-state index contributed by atoms with van der Waals surface area (Å²) in [5, 5.41) is 0. The molecule has 0 saturated carbocycles. The molecule has 0 aliphatic carbocycles. The molecule has 0 unspecified atom stereocenters. The van der Waals surface area contributed by atoms with Crippen LogP contribution in [0.2, 0.25) is 0 Å². The van der Waals surface area contributed by atoms with E-state index in [1.807, 2.05) is 0 Å². The highest BCUT2D eigenvalue weighted by Gasteiger charge is 2.08. The summed E-state index contributed by atoms with van der Waals surface area (Å²) in [6, 6.07) is 8.76. The molecular weight excluding hydrogens is 261 g/mol. The van der Waals surface area contributed by atoms with E-state index in [0.29, 0.717) is 6.42 Å². The number of aryl methyl sites for hydroxylation is 1. The number of halogens is 1. The molecule has 5 heteroatoms. The van der Waals surface area contributed by atoms with Crippen LogP contribution in [-0.4, -0.2) is 17.1 Å². The Bertz CT molecular complexity index is 662. The first-order chi connectivity index (χ1) is 9.56. The zero-order valence-electron chi connectivity index (χ0n) is 11.0. The molecule has 1 heterocycles. The number of carbonyl (C=O) groups excluding carboxylic acids is 1. The Morgan fingerprint density at radius 1 is 1.25 bits per heavy atom. The van der Waals surface area contributed by atoms with Crippen molar-refractivity contribution in [2.24, 2.45) is 7.05 Å². The topological polar surface area (TPSA) is 48.3 Å². The maximum absolute atomic E-state index is 12.7. The van der Waals surface area contributed by atoms with Crippen LogP contribution in [0.4, 0.5) is 4.39 Å². The van der Waals surface area contributed by atoms with Gasteiger partial charge in [-0.05, 0) is 23.8 Å². The lowest BCUT2D eigenvalue weighted by Crippen LogP contribution is -2.18. The highest BCUT2D eigenvalue weighted by molar-refractivity contribution is 5.89. The average molecular weight is 275 g/mol. The van der Waals surface area contributed by atoms with Gasteiger partial charge in [0.25, 0.3) is 5.56 Å². The number of hydrogen-bond donors (Lipinski definition) is 0. The lowest BCUT2D eigenvalue weighted by molar-refractivity contribution is 0.0509. The van der Waals surface area contributed by atoms with E-state index in [9.17, 15) is 14.0 Å². The lowest BCUT2D eigenvalue weighted by Gasteiger charge is -2.05. The number of esters is 1. The van der Waals surface area contributed by atoms with Gasteiger partial charge in [-0.1, -0.05) is 12.1 Å². The van der Waals surface area contributed by atoms with Gasteiger partial charge < -0.3 is 9.30 Å². The quantitative estimate of drug-likeness (QED) is 0.801. The van der Waals surface area contributed by atoms with Gasteiger partial charge in [0.15, 0.2) is 0 Å². The van der Waals surface area contributed by atoms with Crippen molar-refractivity contribution < 1.29 is 13.9 Å². The lowest BCUT2D eigenvalue weighted by atomic mass is 10.2.